The first kappa shape index (κ1) is 15.7. The highest BCUT2D eigenvalue weighted by atomic mass is 16.1. The Morgan fingerprint density at radius 1 is 0.875 bits per heavy atom. The Morgan fingerprint density at radius 2 is 1.50 bits per heavy atom. The van der Waals surface area contributed by atoms with E-state index in [0.717, 1.165) is 25.0 Å². The molecule has 0 aromatic carbocycles. The number of rotatable bonds is 12. The molecule has 0 aliphatic carbocycles. The average molecular weight is 226 g/mol. The summed E-state index contributed by atoms with van der Waals surface area (Å²) in [6, 6.07) is 0. The summed E-state index contributed by atoms with van der Waals surface area (Å²) in [6.45, 7) is 4.59. The van der Waals surface area contributed by atoms with Crippen LogP contribution in [-0.2, 0) is 4.79 Å². The highest BCUT2D eigenvalue weighted by Crippen LogP contribution is 2.20. The molecule has 0 aromatic rings. The van der Waals surface area contributed by atoms with E-state index in [1.807, 2.05) is 0 Å². The van der Waals surface area contributed by atoms with E-state index in [4.69, 9.17) is 0 Å². The largest absolute Gasteiger partial charge is 0.303 e. The Hall–Kier alpha value is -0.330. The molecule has 0 rings (SSSR count). The second kappa shape index (κ2) is 12.7. The van der Waals surface area contributed by atoms with Crippen LogP contribution in [-0.4, -0.2) is 6.29 Å². The third kappa shape index (κ3) is 10.2. The molecular formula is C15H30O. The van der Waals surface area contributed by atoms with Gasteiger partial charge in [0.05, 0.1) is 0 Å². The van der Waals surface area contributed by atoms with Crippen LogP contribution in [0.1, 0.15) is 84.5 Å². The van der Waals surface area contributed by atoms with Crippen molar-refractivity contribution in [3.8, 4) is 0 Å². The summed E-state index contributed by atoms with van der Waals surface area (Å²) >= 11 is 0. The summed E-state index contributed by atoms with van der Waals surface area (Å²) in [4.78, 5) is 10.1. The molecule has 16 heavy (non-hydrogen) atoms. The van der Waals surface area contributed by atoms with Crippen LogP contribution in [0.3, 0.4) is 0 Å². The third-order valence-corrected chi connectivity index (χ3v) is 3.48. The van der Waals surface area contributed by atoms with Gasteiger partial charge in [-0.3, -0.25) is 0 Å². The fourth-order valence-corrected chi connectivity index (χ4v) is 2.25. The van der Waals surface area contributed by atoms with Gasteiger partial charge in [0, 0.05) is 6.42 Å². The molecule has 1 heteroatoms. The molecule has 0 aliphatic rings. The lowest BCUT2D eigenvalue weighted by Crippen LogP contribution is -1.99. The highest BCUT2D eigenvalue weighted by Gasteiger charge is 2.05. The van der Waals surface area contributed by atoms with E-state index < -0.39 is 0 Å². The van der Waals surface area contributed by atoms with Gasteiger partial charge >= 0.3 is 0 Å². The summed E-state index contributed by atoms with van der Waals surface area (Å²) < 4.78 is 0. The van der Waals surface area contributed by atoms with Crippen LogP contribution in [0.15, 0.2) is 0 Å². The van der Waals surface area contributed by atoms with Crippen molar-refractivity contribution in [1.82, 2.24) is 0 Å². The van der Waals surface area contributed by atoms with Crippen LogP contribution in [0.5, 0.6) is 0 Å². The minimum atomic E-state index is 0.758. The number of aldehydes is 1. The Kier molecular flexibility index (Phi) is 12.5. The molecule has 0 heterocycles. The number of hydrogen-bond acceptors (Lipinski definition) is 1. The molecular weight excluding hydrogens is 196 g/mol. The minimum Gasteiger partial charge on any atom is -0.303 e. The Labute approximate surface area is 102 Å². The normalized spacial score (nSPS) is 12.6. The first-order valence-electron chi connectivity index (χ1n) is 7.28. The molecule has 0 saturated carbocycles. The second-order valence-electron chi connectivity index (χ2n) is 4.93. The molecule has 0 bridgehead atoms. The van der Waals surface area contributed by atoms with E-state index in [-0.39, 0.29) is 0 Å². The van der Waals surface area contributed by atoms with Crippen LogP contribution < -0.4 is 0 Å². The molecule has 0 N–H and O–H groups in total. The van der Waals surface area contributed by atoms with Crippen molar-refractivity contribution in [1.29, 1.82) is 0 Å². The molecule has 1 nitrogen and oxygen atoms in total. The predicted molar refractivity (Wildman–Crippen MR) is 71.7 cm³/mol. The van der Waals surface area contributed by atoms with Crippen LogP contribution in [0.2, 0.25) is 0 Å². The first-order valence-corrected chi connectivity index (χ1v) is 7.28. The van der Waals surface area contributed by atoms with Gasteiger partial charge in [-0.2, -0.15) is 0 Å². The zero-order chi connectivity index (χ0) is 12.1. The predicted octanol–water partition coefficient (Wildman–Crippen LogP) is 5.13. The molecule has 0 aliphatic heterocycles. The lowest BCUT2D eigenvalue weighted by atomic mass is 9.92. The molecule has 96 valence electrons. The van der Waals surface area contributed by atoms with Crippen molar-refractivity contribution in [2.75, 3.05) is 0 Å². The number of unbranched alkanes of at least 4 members (excludes halogenated alkanes) is 6. The van der Waals surface area contributed by atoms with E-state index in [1.165, 1.54) is 57.8 Å². The van der Waals surface area contributed by atoms with Crippen molar-refractivity contribution in [3.63, 3.8) is 0 Å². The molecule has 0 saturated heterocycles. The smallest absolute Gasteiger partial charge is 0.119 e. The van der Waals surface area contributed by atoms with E-state index in [1.54, 1.807) is 0 Å². The van der Waals surface area contributed by atoms with Gasteiger partial charge in [-0.05, 0) is 12.3 Å². The maximum Gasteiger partial charge on any atom is 0.119 e. The quantitative estimate of drug-likeness (QED) is 0.333. The van der Waals surface area contributed by atoms with Gasteiger partial charge in [0.1, 0.15) is 6.29 Å². The van der Waals surface area contributed by atoms with E-state index in [9.17, 15) is 4.79 Å². The lowest BCUT2D eigenvalue weighted by molar-refractivity contribution is -0.107. The molecule has 1 unspecified atom stereocenters. The lowest BCUT2D eigenvalue weighted by Gasteiger charge is -2.14. The van der Waals surface area contributed by atoms with E-state index in [2.05, 4.69) is 13.8 Å². The highest BCUT2D eigenvalue weighted by molar-refractivity contribution is 5.48. The van der Waals surface area contributed by atoms with Gasteiger partial charge in [0.15, 0.2) is 0 Å². The molecule has 1 atom stereocenters. The maximum absolute atomic E-state index is 10.1. The summed E-state index contributed by atoms with van der Waals surface area (Å²) in [6.07, 6.45) is 15.1. The Bertz CT molecular complexity index is 142. The van der Waals surface area contributed by atoms with E-state index in [0.29, 0.717) is 0 Å². The summed E-state index contributed by atoms with van der Waals surface area (Å²) in [5.41, 5.74) is 0. The van der Waals surface area contributed by atoms with Crippen molar-refractivity contribution < 1.29 is 4.79 Å². The monoisotopic (exact) mass is 226 g/mol. The molecule has 0 spiro atoms. The van der Waals surface area contributed by atoms with Crippen molar-refractivity contribution >= 4 is 6.29 Å². The SMILES string of the molecule is CCCCCC(CC)CCCCCCC=O. The summed E-state index contributed by atoms with van der Waals surface area (Å²) in [7, 11) is 0. The van der Waals surface area contributed by atoms with Crippen LogP contribution >= 0.6 is 0 Å². The van der Waals surface area contributed by atoms with Gasteiger partial charge in [0.2, 0.25) is 0 Å². The van der Waals surface area contributed by atoms with Crippen LogP contribution in [0.4, 0.5) is 0 Å². The van der Waals surface area contributed by atoms with Gasteiger partial charge in [-0.25, -0.2) is 0 Å². The fourth-order valence-electron chi connectivity index (χ4n) is 2.25. The Morgan fingerprint density at radius 3 is 2.06 bits per heavy atom. The fraction of sp³-hybridized carbons (Fsp3) is 0.933. The van der Waals surface area contributed by atoms with E-state index >= 15 is 0 Å². The van der Waals surface area contributed by atoms with Gasteiger partial charge < -0.3 is 4.79 Å². The van der Waals surface area contributed by atoms with Crippen molar-refractivity contribution in [2.45, 2.75) is 84.5 Å². The minimum absolute atomic E-state index is 0.758. The molecule has 0 aromatic heterocycles. The number of carbonyl (C=O) groups excluding carboxylic acids is 1. The topological polar surface area (TPSA) is 17.1 Å². The molecule has 0 radical (unpaired) electrons. The van der Waals surface area contributed by atoms with Gasteiger partial charge in [0.25, 0.3) is 0 Å². The second-order valence-corrected chi connectivity index (χ2v) is 4.93. The average Bonchev–Trinajstić information content (AvgIpc) is 2.31. The Balaban J connectivity index is 3.29. The van der Waals surface area contributed by atoms with Crippen molar-refractivity contribution in [2.24, 2.45) is 5.92 Å². The number of carbonyl (C=O) groups is 1. The molecule has 0 amide bonds. The molecule has 0 fully saturated rings. The zero-order valence-electron chi connectivity index (χ0n) is 11.3. The van der Waals surface area contributed by atoms with Gasteiger partial charge in [-0.1, -0.05) is 71.6 Å². The third-order valence-electron chi connectivity index (χ3n) is 3.48. The van der Waals surface area contributed by atoms with Crippen LogP contribution in [0, 0.1) is 5.92 Å². The van der Waals surface area contributed by atoms with Crippen molar-refractivity contribution in [3.05, 3.63) is 0 Å². The zero-order valence-corrected chi connectivity index (χ0v) is 11.3. The summed E-state index contributed by atoms with van der Waals surface area (Å²) in [5.74, 6) is 0.956. The summed E-state index contributed by atoms with van der Waals surface area (Å²) in [5, 5.41) is 0. The standard InChI is InChI=1S/C15H30O/c1-3-5-9-12-15(4-2)13-10-7-6-8-11-14-16/h14-15H,3-13H2,1-2H3. The maximum atomic E-state index is 10.1. The van der Waals surface area contributed by atoms with Crippen LogP contribution in [0.25, 0.3) is 0 Å². The number of hydrogen-bond donors (Lipinski definition) is 0. The first-order chi connectivity index (χ1) is 7.85. The van der Waals surface area contributed by atoms with Gasteiger partial charge in [-0.15, -0.1) is 0 Å².